The Morgan fingerprint density at radius 3 is 2.89 bits per heavy atom. The fourth-order valence-corrected chi connectivity index (χ4v) is 4.43. The van der Waals surface area contributed by atoms with E-state index >= 15 is 0 Å². The number of halogens is 1. The van der Waals surface area contributed by atoms with Crippen LogP contribution in [0.5, 0.6) is 5.75 Å². The van der Waals surface area contributed by atoms with Gasteiger partial charge in [-0.1, -0.05) is 22.4 Å². The molecule has 1 aromatic carbocycles. The molecule has 3 rings (SSSR count). The SMILES string of the molecule is CC(NCc1cc(Br)ccc1O)C1CC2CCC1C2. The predicted molar refractivity (Wildman–Crippen MR) is 81.0 cm³/mol. The van der Waals surface area contributed by atoms with E-state index in [1.54, 1.807) is 6.07 Å². The lowest BCUT2D eigenvalue weighted by Crippen LogP contribution is -2.35. The fourth-order valence-electron chi connectivity index (χ4n) is 4.02. The third-order valence-electron chi connectivity index (χ3n) is 5.09. The van der Waals surface area contributed by atoms with Gasteiger partial charge in [-0.05, 0) is 62.1 Å². The zero-order valence-corrected chi connectivity index (χ0v) is 13.0. The van der Waals surface area contributed by atoms with Crippen molar-refractivity contribution >= 4 is 15.9 Å². The number of nitrogens with one attached hydrogen (secondary N) is 1. The number of aromatic hydroxyl groups is 1. The van der Waals surface area contributed by atoms with Crippen LogP contribution in [0.1, 0.15) is 38.2 Å². The van der Waals surface area contributed by atoms with E-state index in [0.29, 0.717) is 11.8 Å². The first-order chi connectivity index (χ1) is 9.13. The Labute approximate surface area is 123 Å². The summed E-state index contributed by atoms with van der Waals surface area (Å²) in [7, 11) is 0. The van der Waals surface area contributed by atoms with Gasteiger partial charge in [-0.3, -0.25) is 0 Å². The minimum absolute atomic E-state index is 0.385. The summed E-state index contributed by atoms with van der Waals surface area (Å²) in [6.07, 6.45) is 5.76. The first-order valence-corrected chi connectivity index (χ1v) is 8.13. The number of benzene rings is 1. The topological polar surface area (TPSA) is 32.3 Å². The van der Waals surface area contributed by atoms with Crippen molar-refractivity contribution < 1.29 is 5.11 Å². The molecule has 0 aromatic heterocycles. The molecule has 2 nitrogen and oxygen atoms in total. The number of phenols is 1. The minimum atomic E-state index is 0.385. The molecule has 0 aliphatic heterocycles. The van der Waals surface area contributed by atoms with Gasteiger partial charge in [0.15, 0.2) is 0 Å². The Morgan fingerprint density at radius 2 is 2.21 bits per heavy atom. The molecule has 2 bridgehead atoms. The molecule has 19 heavy (non-hydrogen) atoms. The summed E-state index contributed by atoms with van der Waals surface area (Å²) in [4.78, 5) is 0. The zero-order valence-electron chi connectivity index (χ0n) is 11.4. The van der Waals surface area contributed by atoms with Gasteiger partial charge < -0.3 is 10.4 Å². The summed E-state index contributed by atoms with van der Waals surface area (Å²) < 4.78 is 1.02. The van der Waals surface area contributed by atoms with Crippen LogP contribution in [0.25, 0.3) is 0 Å². The molecule has 2 fully saturated rings. The summed E-state index contributed by atoms with van der Waals surface area (Å²) in [6.45, 7) is 3.06. The molecule has 104 valence electrons. The number of hydrogen-bond acceptors (Lipinski definition) is 2. The third kappa shape index (κ3) is 2.82. The second kappa shape index (κ2) is 5.45. The molecular weight excluding hydrogens is 302 g/mol. The highest BCUT2D eigenvalue weighted by Gasteiger charge is 2.41. The Morgan fingerprint density at radius 1 is 1.37 bits per heavy atom. The van der Waals surface area contributed by atoms with Gasteiger partial charge in [0.2, 0.25) is 0 Å². The van der Waals surface area contributed by atoms with Crippen LogP contribution in [0.3, 0.4) is 0 Å². The van der Waals surface area contributed by atoms with Crippen molar-refractivity contribution in [3.63, 3.8) is 0 Å². The Hall–Kier alpha value is -0.540. The van der Waals surface area contributed by atoms with Crippen LogP contribution in [0.4, 0.5) is 0 Å². The first kappa shape index (κ1) is 13.4. The van der Waals surface area contributed by atoms with Gasteiger partial charge in [0.1, 0.15) is 5.75 Å². The van der Waals surface area contributed by atoms with Gasteiger partial charge in [-0.15, -0.1) is 0 Å². The van der Waals surface area contributed by atoms with Crippen molar-refractivity contribution in [1.29, 1.82) is 0 Å². The van der Waals surface area contributed by atoms with Crippen LogP contribution in [0.15, 0.2) is 22.7 Å². The Kier molecular flexibility index (Phi) is 3.86. The third-order valence-corrected chi connectivity index (χ3v) is 5.58. The molecule has 2 N–H and O–H groups in total. The first-order valence-electron chi connectivity index (χ1n) is 7.34. The van der Waals surface area contributed by atoms with Gasteiger partial charge >= 0.3 is 0 Å². The zero-order chi connectivity index (χ0) is 13.4. The average Bonchev–Trinajstić information content (AvgIpc) is 3.02. The van der Waals surface area contributed by atoms with Crippen LogP contribution in [0, 0.1) is 17.8 Å². The molecule has 4 unspecified atom stereocenters. The maximum Gasteiger partial charge on any atom is 0.120 e. The van der Waals surface area contributed by atoms with Gasteiger partial charge in [0.25, 0.3) is 0 Å². The van der Waals surface area contributed by atoms with Crippen molar-refractivity contribution in [3.8, 4) is 5.75 Å². The van der Waals surface area contributed by atoms with E-state index in [0.717, 1.165) is 34.3 Å². The molecule has 2 aliphatic carbocycles. The van der Waals surface area contributed by atoms with Crippen LogP contribution in [0.2, 0.25) is 0 Å². The van der Waals surface area contributed by atoms with Gasteiger partial charge in [0.05, 0.1) is 0 Å². The van der Waals surface area contributed by atoms with Crippen LogP contribution in [-0.4, -0.2) is 11.1 Å². The second-order valence-electron chi connectivity index (χ2n) is 6.28. The molecule has 4 atom stereocenters. The lowest BCUT2D eigenvalue weighted by Gasteiger charge is -2.28. The lowest BCUT2D eigenvalue weighted by atomic mass is 9.84. The molecule has 2 saturated carbocycles. The van der Waals surface area contributed by atoms with E-state index in [2.05, 4.69) is 28.2 Å². The Balaban J connectivity index is 1.58. The summed E-state index contributed by atoms with van der Waals surface area (Å²) in [5.41, 5.74) is 0.976. The van der Waals surface area contributed by atoms with E-state index in [1.807, 2.05) is 12.1 Å². The molecule has 3 heteroatoms. The van der Waals surface area contributed by atoms with E-state index in [9.17, 15) is 5.11 Å². The number of rotatable bonds is 4. The molecule has 2 aliphatic rings. The highest BCUT2D eigenvalue weighted by atomic mass is 79.9. The van der Waals surface area contributed by atoms with E-state index < -0.39 is 0 Å². The molecule has 0 heterocycles. The number of hydrogen-bond donors (Lipinski definition) is 2. The summed E-state index contributed by atoms with van der Waals surface area (Å²) >= 11 is 3.46. The standard InChI is InChI=1S/C16H22BrNO/c1-10(15-7-11-2-3-12(15)6-11)18-9-13-8-14(17)4-5-16(13)19/h4-5,8,10-12,15,18-19H,2-3,6-7,9H2,1H3. The second-order valence-corrected chi connectivity index (χ2v) is 7.20. The maximum absolute atomic E-state index is 9.86. The average molecular weight is 324 g/mol. The minimum Gasteiger partial charge on any atom is -0.508 e. The summed E-state index contributed by atoms with van der Waals surface area (Å²) in [5, 5.41) is 13.5. The lowest BCUT2D eigenvalue weighted by molar-refractivity contribution is 0.259. The molecule has 1 aromatic rings. The molecule has 0 saturated heterocycles. The molecular formula is C16H22BrNO. The summed E-state index contributed by atoms with van der Waals surface area (Å²) in [5.74, 6) is 3.17. The van der Waals surface area contributed by atoms with Crippen LogP contribution in [-0.2, 0) is 6.54 Å². The molecule has 0 spiro atoms. The monoisotopic (exact) mass is 323 g/mol. The fraction of sp³-hybridized carbons (Fsp3) is 0.625. The van der Waals surface area contributed by atoms with Gasteiger partial charge in [0, 0.05) is 22.6 Å². The number of phenolic OH excluding ortho intramolecular Hbond substituents is 1. The smallest absolute Gasteiger partial charge is 0.120 e. The van der Waals surface area contributed by atoms with Gasteiger partial charge in [-0.25, -0.2) is 0 Å². The highest BCUT2D eigenvalue weighted by molar-refractivity contribution is 9.10. The van der Waals surface area contributed by atoms with Crippen molar-refractivity contribution in [3.05, 3.63) is 28.2 Å². The summed E-state index contributed by atoms with van der Waals surface area (Å²) in [6, 6.07) is 6.17. The van der Waals surface area contributed by atoms with Gasteiger partial charge in [-0.2, -0.15) is 0 Å². The predicted octanol–water partition coefficient (Wildman–Crippen LogP) is 4.07. The number of fused-ring (bicyclic) bond motifs is 2. The maximum atomic E-state index is 9.86. The normalized spacial score (nSPS) is 30.7. The van der Waals surface area contributed by atoms with Crippen LogP contribution < -0.4 is 5.32 Å². The van der Waals surface area contributed by atoms with Crippen molar-refractivity contribution in [2.45, 2.75) is 45.2 Å². The van der Waals surface area contributed by atoms with Crippen molar-refractivity contribution in [2.24, 2.45) is 17.8 Å². The van der Waals surface area contributed by atoms with Crippen molar-refractivity contribution in [1.82, 2.24) is 5.32 Å². The van der Waals surface area contributed by atoms with E-state index in [1.165, 1.54) is 25.7 Å². The Bertz CT molecular complexity index is 462. The van der Waals surface area contributed by atoms with Crippen LogP contribution >= 0.6 is 15.9 Å². The molecule has 0 radical (unpaired) electrons. The molecule has 0 amide bonds. The highest BCUT2D eigenvalue weighted by Crippen LogP contribution is 2.49. The van der Waals surface area contributed by atoms with E-state index in [4.69, 9.17) is 0 Å². The quantitative estimate of drug-likeness (QED) is 0.875. The van der Waals surface area contributed by atoms with Crippen molar-refractivity contribution in [2.75, 3.05) is 0 Å². The van der Waals surface area contributed by atoms with E-state index in [-0.39, 0.29) is 0 Å². The largest absolute Gasteiger partial charge is 0.508 e.